The standard InChI is InChI=1S/C18H25NO7S/c1-12(18(21)19(2)14-7-8-27(22,23)11-14)26-17(20)10-13-5-6-15(24-3)16(9-13)25-4/h5-6,9,12,14H,7-8,10-11H2,1-4H3/t12-,14+/m0/s1. The van der Waals surface area contributed by atoms with Gasteiger partial charge in [0, 0.05) is 13.1 Å². The Balaban J connectivity index is 1.94. The van der Waals surface area contributed by atoms with Gasteiger partial charge in [-0.3, -0.25) is 9.59 Å². The molecule has 1 saturated heterocycles. The summed E-state index contributed by atoms with van der Waals surface area (Å²) in [5.41, 5.74) is 0.660. The molecule has 0 spiro atoms. The number of amides is 1. The highest BCUT2D eigenvalue weighted by Crippen LogP contribution is 2.27. The molecule has 2 rings (SSSR count). The predicted molar refractivity (Wildman–Crippen MR) is 98.6 cm³/mol. The van der Waals surface area contributed by atoms with Crippen molar-refractivity contribution < 1.29 is 32.2 Å². The molecule has 1 aliphatic rings. The maximum Gasteiger partial charge on any atom is 0.311 e. The first-order chi connectivity index (χ1) is 12.7. The van der Waals surface area contributed by atoms with Crippen molar-refractivity contribution in [2.24, 2.45) is 0 Å². The van der Waals surface area contributed by atoms with Crippen LogP contribution in [0, 0.1) is 0 Å². The van der Waals surface area contributed by atoms with Gasteiger partial charge in [-0.15, -0.1) is 0 Å². The summed E-state index contributed by atoms with van der Waals surface area (Å²) in [5, 5.41) is 0. The van der Waals surface area contributed by atoms with Crippen LogP contribution in [0.15, 0.2) is 18.2 Å². The summed E-state index contributed by atoms with van der Waals surface area (Å²) < 4.78 is 38.7. The lowest BCUT2D eigenvalue weighted by atomic mass is 10.1. The summed E-state index contributed by atoms with van der Waals surface area (Å²) in [5.74, 6) is 0.0818. The fourth-order valence-corrected chi connectivity index (χ4v) is 4.77. The first kappa shape index (κ1) is 21.0. The highest BCUT2D eigenvalue weighted by molar-refractivity contribution is 7.91. The van der Waals surface area contributed by atoms with Crippen LogP contribution in [-0.2, 0) is 30.6 Å². The van der Waals surface area contributed by atoms with E-state index in [9.17, 15) is 18.0 Å². The Kier molecular flexibility index (Phi) is 6.69. The van der Waals surface area contributed by atoms with E-state index in [1.54, 1.807) is 18.2 Å². The van der Waals surface area contributed by atoms with Gasteiger partial charge in [0.05, 0.1) is 32.1 Å². The summed E-state index contributed by atoms with van der Waals surface area (Å²) in [6, 6.07) is 4.69. The Morgan fingerprint density at radius 3 is 2.44 bits per heavy atom. The van der Waals surface area contributed by atoms with Crippen LogP contribution in [-0.4, -0.2) is 70.1 Å². The molecule has 27 heavy (non-hydrogen) atoms. The number of ether oxygens (including phenoxy) is 3. The number of carbonyl (C=O) groups excluding carboxylic acids is 2. The van der Waals surface area contributed by atoms with Crippen molar-refractivity contribution in [2.45, 2.75) is 31.9 Å². The summed E-state index contributed by atoms with van der Waals surface area (Å²) in [7, 11) is 1.45. The van der Waals surface area contributed by atoms with E-state index < -0.39 is 27.8 Å². The third kappa shape index (κ3) is 5.35. The van der Waals surface area contributed by atoms with Gasteiger partial charge in [0.1, 0.15) is 0 Å². The molecule has 0 unspecified atom stereocenters. The average molecular weight is 399 g/mol. The number of hydrogen-bond donors (Lipinski definition) is 0. The number of nitrogens with zero attached hydrogens (tertiary/aromatic N) is 1. The van der Waals surface area contributed by atoms with Gasteiger partial charge in [-0.1, -0.05) is 6.07 Å². The van der Waals surface area contributed by atoms with E-state index in [2.05, 4.69) is 0 Å². The number of likely N-dealkylation sites (N-methyl/N-ethyl adjacent to an activating group) is 1. The van der Waals surface area contributed by atoms with Crippen LogP contribution in [0.1, 0.15) is 18.9 Å². The van der Waals surface area contributed by atoms with Gasteiger partial charge < -0.3 is 19.1 Å². The zero-order chi connectivity index (χ0) is 20.2. The molecule has 0 N–H and O–H groups in total. The van der Waals surface area contributed by atoms with Crippen LogP contribution in [0.4, 0.5) is 0 Å². The minimum absolute atomic E-state index is 0.0283. The molecule has 0 bridgehead atoms. The monoisotopic (exact) mass is 399 g/mol. The number of hydrogen-bond acceptors (Lipinski definition) is 7. The third-order valence-electron chi connectivity index (χ3n) is 4.56. The maximum absolute atomic E-state index is 12.4. The van der Waals surface area contributed by atoms with Gasteiger partial charge in [-0.25, -0.2) is 8.42 Å². The van der Waals surface area contributed by atoms with E-state index in [0.717, 1.165) is 0 Å². The summed E-state index contributed by atoms with van der Waals surface area (Å²) in [6.07, 6.45) is -0.623. The molecule has 150 valence electrons. The first-order valence-electron chi connectivity index (χ1n) is 8.54. The van der Waals surface area contributed by atoms with Gasteiger partial charge >= 0.3 is 5.97 Å². The molecular weight excluding hydrogens is 374 g/mol. The highest BCUT2D eigenvalue weighted by atomic mass is 32.2. The molecule has 1 heterocycles. The molecule has 1 aliphatic heterocycles. The van der Waals surface area contributed by atoms with Gasteiger partial charge in [0.15, 0.2) is 27.4 Å². The minimum Gasteiger partial charge on any atom is -0.493 e. The molecule has 1 aromatic carbocycles. The lowest BCUT2D eigenvalue weighted by Gasteiger charge is -2.26. The summed E-state index contributed by atoms with van der Waals surface area (Å²) >= 11 is 0. The largest absolute Gasteiger partial charge is 0.493 e. The molecule has 0 aromatic heterocycles. The van der Waals surface area contributed by atoms with Crippen molar-refractivity contribution in [3.8, 4) is 11.5 Å². The number of carbonyl (C=O) groups is 2. The van der Waals surface area contributed by atoms with Crippen LogP contribution in [0.3, 0.4) is 0 Å². The van der Waals surface area contributed by atoms with E-state index in [-0.39, 0.29) is 24.0 Å². The lowest BCUT2D eigenvalue weighted by Crippen LogP contribution is -2.44. The molecular formula is C18H25NO7S. The molecule has 1 amide bonds. The molecule has 1 fully saturated rings. The van der Waals surface area contributed by atoms with Crippen LogP contribution < -0.4 is 9.47 Å². The molecule has 2 atom stereocenters. The van der Waals surface area contributed by atoms with Gasteiger partial charge in [0.25, 0.3) is 5.91 Å². The number of esters is 1. The summed E-state index contributed by atoms with van der Waals surface area (Å²) in [6.45, 7) is 1.48. The van der Waals surface area contributed by atoms with E-state index in [1.807, 2.05) is 0 Å². The Bertz CT molecular complexity index is 806. The molecule has 0 saturated carbocycles. The van der Waals surface area contributed by atoms with Crippen LogP contribution in [0.2, 0.25) is 0 Å². The fourth-order valence-electron chi connectivity index (χ4n) is 2.99. The first-order valence-corrected chi connectivity index (χ1v) is 10.4. The summed E-state index contributed by atoms with van der Waals surface area (Å²) in [4.78, 5) is 26.0. The average Bonchev–Trinajstić information content (AvgIpc) is 2.99. The molecule has 9 heteroatoms. The van der Waals surface area contributed by atoms with Crippen molar-refractivity contribution >= 4 is 21.7 Å². The van der Waals surface area contributed by atoms with E-state index in [1.165, 1.54) is 33.1 Å². The number of rotatable bonds is 7. The van der Waals surface area contributed by atoms with Crippen LogP contribution in [0.25, 0.3) is 0 Å². The minimum atomic E-state index is -3.10. The SMILES string of the molecule is COc1ccc(CC(=O)O[C@@H](C)C(=O)N(C)[C@@H]2CCS(=O)(=O)C2)cc1OC. The normalized spacial score (nSPS) is 19.2. The number of benzene rings is 1. The third-order valence-corrected chi connectivity index (χ3v) is 6.31. The predicted octanol–water partition coefficient (Wildman–Crippen LogP) is 0.824. The molecule has 0 aliphatic carbocycles. The second-order valence-corrected chi connectivity index (χ2v) is 8.73. The highest BCUT2D eigenvalue weighted by Gasteiger charge is 2.34. The van der Waals surface area contributed by atoms with E-state index in [4.69, 9.17) is 14.2 Å². The van der Waals surface area contributed by atoms with Crippen molar-refractivity contribution in [1.82, 2.24) is 4.90 Å². The number of methoxy groups -OCH3 is 2. The second kappa shape index (κ2) is 8.60. The number of sulfone groups is 1. The van der Waals surface area contributed by atoms with E-state index >= 15 is 0 Å². The smallest absolute Gasteiger partial charge is 0.311 e. The van der Waals surface area contributed by atoms with Crippen LogP contribution in [0.5, 0.6) is 11.5 Å². The Morgan fingerprint density at radius 2 is 1.89 bits per heavy atom. The quantitative estimate of drug-likeness (QED) is 0.626. The van der Waals surface area contributed by atoms with Crippen LogP contribution >= 0.6 is 0 Å². The van der Waals surface area contributed by atoms with Gasteiger partial charge in [-0.05, 0) is 31.0 Å². The fraction of sp³-hybridized carbons (Fsp3) is 0.556. The lowest BCUT2D eigenvalue weighted by molar-refractivity contribution is -0.158. The van der Waals surface area contributed by atoms with Crippen molar-refractivity contribution in [3.63, 3.8) is 0 Å². The Morgan fingerprint density at radius 1 is 1.22 bits per heavy atom. The second-order valence-electron chi connectivity index (χ2n) is 6.50. The van der Waals surface area contributed by atoms with E-state index in [0.29, 0.717) is 23.5 Å². The maximum atomic E-state index is 12.4. The Labute approximate surface area is 159 Å². The zero-order valence-electron chi connectivity index (χ0n) is 15.9. The molecule has 8 nitrogen and oxygen atoms in total. The van der Waals surface area contributed by atoms with Crippen molar-refractivity contribution in [1.29, 1.82) is 0 Å². The zero-order valence-corrected chi connectivity index (χ0v) is 16.7. The Hall–Kier alpha value is -2.29. The topological polar surface area (TPSA) is 99.2 Å². The molecule has 0 radical (unpaired) electrons. The van der Waals surface area contributed by atoms with Gasteiger partial charge in [-0.2, -0.15) is 0 Å². The van der Waals surface area contributed by atoms with Gasteiger partial charge in [0.2, 0.25) is 0 Å². The molecule has 1 aromatic rings. The van der Waals surface area contributed by atoms with Crippen molar-refractivity contribution in [2.75, 3.05) is 32.8 Å². The van der Waals surface area contributed by atoms with Crippen molar-refractivity contribution in [3.05, 3.63) is 23.8 Å².